The van der Waals surface area contributed by atoms with Crippen molar-refractivity contribution in [2.75, 3.05) is 6.16 Å². The predicted octanol–water partition coefficient (Wildman–Crippen LogP) is 2.94. The average Bonchev–Trinajstić information content (AvgIpc) is 1.88. The second-order valence-corrected chi connectivity index (χ2v) is 3.23. The van der Waals surface area contributed by atoms with Gasteiger partial charge in [0.15, 0.2) is 0 Å². The Kier molecular flexibility index (Phi) is 5.56. The predicted molar refractivity (Wildman–Crippen MR) is 47.3 cm³/mol. The van der Waals surface area contributed by atoms with Gasteiger partial charge in [-0.05, 0) is 11.5 Å². The highest BCUT2D eigenvalue weighted by atomic mass is 31.1. The fourth-order valence-corrected chi connectivity index (χ4v) is 1.32. The minimum absolute atomic E-state index is 0.885. The zero-order valence-corrected chi connectivity index (χ0v) is 6.85. The molecule has 0 fully saturated rings. The molecule has 0 saturated heterocycles. The summed E-state index contributed by atoms with van der Waals surface area (Å²) < 4.78 is 0. The fourth-order valence-electron chi connectivity index (χ4n) is 0.530. The van der Waals surface area contributed by atoms with Crippen molar-refractivity contribution in [3.8, 4) is 0 Å². The van der Waals surface area contributed by atoms with Crippen LogP contribution in [0.4, 0.5) is 0 Å². The summed E-state index contributed by atoms with van der Waals surface area (Å²) in [4.78, 5) is 0. The fraction of sp³-hybridized carbons (Fsp3) is 0.250. The first-order chi connectivity index (χ1) is 4.35. The lowest BCUT2D eigenvalue weighted by molar-refractivity contribution is 1.52. The molecule has 0 nitrogen and oxygen atoms in total. The second kappa shape index (κ2) is 5.78. The quantitative estimate of drug-likeness (QED) is 0.416. The van der Waals surface area contributed by atoms with Crippen LogP contribution in [-0.2, 0) is 0 Å². The Morgan fingerprint density at radius 1 is 1.56 bits per heavy atom. The van der Waals surface area contributed by atoms with Gasteiger partial charge in [0.05, 0.1) is 0 Å². The molecule has 0 saturated carbocycles. The summed E-state index contributed by atoms with van der Waals surface area (Å²) in [5.41, 5.74) is 0. The lowest BCUT2D eigenvalue weighted by Crippen LogP contribution is -1.65. The molecule has 0 aromatic carbocycles. The van der Waals surface area contributed by atoms with Gasteiger partial charge < -0.3 is 0 Å². The van der Waals surface area contributed by atoms with Gasteiger partial charge in [-0.15, -0.1) is 0 Å². The van der Waals surface area contributed by atoms with E-state index in [1.54, 1.807) is 6.08 Å². The van der Waals surface area contributed by atoms with Crippen molar-refractivity contribution in [3.63, 3.8) is 0 Å². The maximum absolute atomic E-state index is 3.69. The summed E-state index contributed by atoms with van der Waals surface area (Å²) in [7, 11) is 0.885. The average molecular weight is 140 g/mol. The summed E-state index contributed by atoms with van der Waals surface area (Å²) in [6.45, 7) is 9.47. The standard InChI is InChI=1S/C8H13P/c1-4-7-8(5-2)9-6-3/h4-5,7,9H,1-2,6H2,3H3/b8-7+. The van der Waals surface area contributed by atoms with Crippen LogP contribution in [0.1, 0.15) is 6.92 Å². The van der Waals surface area contributed by atoms with E-state index in [0.717, 1.165) is 8.58 Å². The number of rotatable bonds is 4. The molecule has 50 valence electrons. The van der Waals surface area contributed by atoms with Crippen LogP contribution < -0.4 is 0 Å². The van der Waals surface area contributed by atoms with Crippen LogP contribution in [-0.4, -0.2) is 6.16 Å². The molecule has 0 aliphatic rings. The van der Waals surface area contributed by atoms with Crippen LogP contribution in [0.3, 0.4) is 0 Å². The molecule has 0 amide bonds. The first-order valence-corrected chi connectivity index (χ1v) is 4.24. The monoisotopic (exact) mass is 140 g/mol. The molecule has 0 aliphatic carbocycles. The van der Waals surface area contributed by atoms with E-state index < -0.39 is 0 Å². The van der Waals surface area contributed by atoms with E-state index in [1.807, 2.05) is 12.2 Å². The van der Waals surface area contributed by atoms with Crippen LogP contribution in [0.25, 0.3) is 0 Å². The van der Waals surface area contributed by atoms with Gasteiger partial charge in [-0.3, -0.25) is 0 Å². The number of allylic oxidation sites excluding steroid dienone is 4. The zero-order valence-electron chi connectivity index (χ0n) is 5.85. The first kappa shape index (κ1) is 8.65. The molecule has 1 unspecified atom stereocenters. The highest BCUT2D eigenvalue weighted by molar-refractivity contribution is 7.43. The highest BCUT2D eigenvalue weighted by Crippen LogP contribution is 2.22. The summed E-state index contributed by atoms with van der Waals surface area (Å²) in [5.74, 6) is 0. The van der Waals surface area contributed by atoms with Crippen molar-refractivity contribution in [2.45, 2.75) is 6.92 Å². The Morgan fingerprint density at radius 3 is 2.56 bits per heavy atom. The van der Waals surface area contributed by atoms with Crippen molar-refractivity contribution < 1.29 is 0 Å². The molecule has 0 bridgehead atoms. The third kappa shape index (κ3) is 4.17. The van der Waals surface area contributed by atoms with E-state index in [1.165, 1.54) is 11.5 Å². The van der Waals surface area contributed by atoms with Crippen LogP contribution in [0.15, 0.2) is 36.7 Å². The molecule has 1 atom stereocenters. The molecule has 0 aromatic rings. The molecule has 0 N–H and O–H groups in total. The third-order valence-corrected chi connectivity index (χ3v) is 2.03. The molecule has 9 heavy (non-hydrogen) atoms. The summed E-state index contributed by atoms with van der Waals surface area (Å²) in [6, 6.07) is 0. The molecular weight excluding hydrogens is 127 g/mol. The van der Waals surface area contributed by atoms with Gasteiger partial charge in [-0.25, -0.2) is 0 Å². The SMILES string of the molecule is C=C/C=C(\C=C)PCC. The molecule has 0 radical (unpaired) electrons. The summed E-state index contributed by atoms with van der Waals surface area (Å²) >= 11 is 0. The molecular formula is C8H13P. The van der Waals surface area contributed by atoms with Crippen LogP contribution in [0.2, 0.25) is 0 Å². The zero-order chi connectivity index (χ0) is 7.11. The van der Waals surface area contributed by atoms with E-state index in [2.05, 4.69) is 20.1 Å². The molecule has 0 spiro atoms. The van der Waals surface area contributed by atoms with Gasteiger partial charge in [-0.1, -0.05) is 46.9 Å². The van der Waals surface area contributed by atoms with E-state index in [4.69, 9.17) is 0 Å². The van der Waals surface area contributed by atoms with Crippen molar-refractivity contribution in [1.29, 1.82) is 0 Å². The van der Waals surface area contributed by atoms with Crippen LogP contribution in [0.5, 0.6) is 0 Å². The number of hydrogen-bond acceptors (Lipinski definition) is 0. The van der Waals surface area contributed by atoms with Crippen molar-refractivity contribution in [2.24, 2.45) is 0 Å². The molecule has 0 rings (SSSR count). The summed E-state index contributed by atoms with van der Waals surface area (Å²) in [6.07, 6.45) is 6.91. The largest absolute Gasteiger partial charge is 0.0990 e. The van der Waals surface area contributed by atoms with E-state index >= 15 is 0 Å². The Balaban J connectivity index is 3.80. The van der Waals surface area contributed by atoms with Crippen molar-refractivity contribution >= 4 is 8.58 Å². The van der Waals surface area contributed by atoms with Crippen LogP contribution in [0, 0.1) is 0 Å². The van der Waals surface area contributed by atoms with Crippen molar-refractivity contribution in [3.05, 3.63) is 36.7 Å². The minimum atomic E-state index is 0.885. The third-order valence-electron chi connectivity index (χ3n) is 0.898. The topological polar surface area (TPSA) is 0 Å². The van der Waals surface area contributed by atoms with Crippen molar-refractivity contribution in [1.82, 2.24) is 0 Å². The Hall–Kier alpha value is -0.350. The molecule has 0 aliphatic heterocycles. The van der Waals surface area contributed by atoms with Gasteiger partial charge >= 0.3 is 0 Å². The lowest BCUT2D eigenvalue weighted by atomic mass is 10.5. The highest BCUT2D eigenvalue weighted by Gasteiger charge is 1.83. The minimum Gasteiger partial charge on any atom is -0.0990 e. The Bertz CT molecular complexity index is 123. The van der Waals surface area contributed by atoms with Gasteiger partial charge in [0.2, 0.25) is 0 Å². The van der Waals surface area contributed by atoms with Crippen LogP contribution >= 0.6 is 8.58 Å². The number of hydrogen-bond donors (Lipinski definition) is 0. The first-order valence-electron chi connectivity index (χ1n) is 3.04. The maximum Gasteiger partial charge on any atom is -0.0278 e. The van der Waals surface area contributed by atoms with Gasteiger partial charge in [0.25, 0.3) is 0 Å². The molecule has 0 heterocycles. The molecule has 0 aromatic heterocycles. The van der Waals surface area contributed by atoms with Gasteiger partial charge in [0, 0.05) is 0 Å². The van der Waals surface area contributed by atoms with Gasteiger partial charge in [0.1, 0.15) is 0 Å². The summed E-state index contributed by atoms with van der Waals surface area (Å²) in [5, 5.41) is 1.30. The van der Waals surface area contributed by atoms with Gasteiger partial charge in [-0.2, -0.15) is 0 Å². The van der Waals surface area contributed by atoms with E-state index in [-0.39, 0.29) is 0 Å². The normalized spacial score (nSPS) is 12.3. The smallest absolute Gasteiger partial charge is 0.0278 e. The lowest BCUT2D eigenvalue weighted by Gasteiger charge is -1.94. The Labute approximate surface area is 59.1 Å². The Morgan fingerprint density at radius 2 is 2.22 bits per heavy atom. The second-order valence-electron chi connectivity index (χ2n) is 1.59. The maximum atomic E-state index is 3.69. The van der Waals surface area contributed by atoms with E-state index in [9.17, 15) is 0 Å². The molecule has 1 heteroatoms. The van der Waals surface area contributed by atoms with E-state index in [0.29, 0.717) is 0 Å².